The van der Waals surface area contributed by atoms with Crippen molar-refractivity contribution < 1.29 is 0 Å². The molecular weight excluding hydrogens is 222 g/mol. The summed E-state index contributed by atoms with van der Waals surface area (Å²) < 4.78 is 0. The first kappa shape index (κ1) is 12.9. The van der Waals surface area contributed by atoms with Crippen molar-refractivity contribution in [2.75, 3.05) is 31.1 Å². The fourth-order valence-corrected chi connectivity index (χ4v) is 2.37. The van der Waals surface area contributed by atoms with E-state index in [1.807, 2.05) is 13.8 Å². The van der Waals surface area contributed by atoms with Gasteiger partial charge in [0.25, 0.3) is 0 Å². The molecule has 3 heteroatoms. The van der Waals surface area contributed by atoms with Gasteiger partial charge in [0, 0.05) is 31.9 Å². The molecule has 96 valence electrons. The van der Waals surface area contributed by atoms with E-state index in [1.165, 1.54) is 11.3 Å². The summed E-state index contributed by atoms with van der Waals surface area (Å²) in [6, 6.07) is 8.77. The lowest BCUT2D eigenvalue weighted by Gasteiger charge is -2.31. The van der Waals surface area contributed by atoms with Gasteiger partial charge in [-0.05, 0) is 38.0 Å². The molecule has 1 N–H and O–H groups in total. The zero-order valence-corrected chi connectivity index (χ0v) is 11.5. The van der Waals surface area contributed by atoms with Crippen molar-refractivity contribution in [3.63, 3.8) is 0 Å². The molecular formula is C15H21N3. The van der Waals surface area contributed by atoms with Gasteiger partial charge in [-0.25, -0.2) is 0 Å². The number of hydrogen-bond donors (Lipinski definition) is 1. The van der Waals surface area contributed by atoms with E-state index in [-0.39, 0.29) is 0 Å². The van der Waals surface area contributed by atoms with Gasteiger partial charge in [-0.2, -0.15) is 5.26 Å². The predicted octanol–water partition coefficient (Wildman–Crippen LogP) is 2.21. The molecule has 0 unspecified atom stereocenters. The Balaban J connectivity index is 2.28. The van der Waals surface area contributed by atoms with Gasteiger partial charge in [0.1, 0.15) is 0 Å². The molecule has 1 aliphatic rings. The number of rotatable bonds is 2. The molecule has 1 aromatic rings. The number of hydrogen-bond acceptors (Lipinski definition) is 3. The predicted molar refractivity (Wildman–Crippen MR) is 74.9 cm³/mol. The molecule has 2 rings (SSSR count). The van der Waals surface area contributed by atoms with Crippen LogP contribution in [0.1, 0.15) is 25.0 Å². The Hall–Kier alpha value is -1.53. The summed E-state index contributed by atoms with van der Waals surface area (Å²) in [5.41, 5.74) is 3.25. The SMILES string of the molecule is Cc1cc(C(C)(C)C#N)ccc1N1CCNCC1. The quantitative estimate of drug-likeness (QED) is 0.865. The van der Waals surface area contributed by atoms with E-state index in [9.17, 15) is 5.26 Å². The van der Waals surface area contributed by atoms with Crippen LogP contribution in [0.3, 0.4) is 0 Å². The molecule has 1 fully saturated rings. The van der Waals surface area contributed by atoms with Gasteiger partial charge in [0.2, 0.25) is 0 Å². The van der Waals surface area contributed by atoms with E-state index in [4.69, 9.17) is 0 Å². The molecule has 1 saturated heterocycles. The first-order valence-electron chi connectivity index (χ1n) is 6.52. The first-order valence-corrected chi connectivity index (χ1v) is 6.52. The normalized spacial score (nSPS) is 16.4. The summed E-state index contributed by atoms with van der Waals surface area (Å²) in [5, 5.41) is 12.6. The molecule has 0 aliphatic carbocycles. The number of piperazine rings is 1. The van der Waals surface area contributed by atoms with Crippen LogP contribution in [0.25, 0.3) is 0 Å². The van der Waals surface area contributed by atoms with Crippen molar-refractivity contribution in [2.45, 2.75) is 26.2 Å². The number of aryl methyl sites for hydroxylation is 1. The number of nitrogens with zero attached hydrogens (tertiary/aromatic N) is 2. The smallest absolute Gasteiger partial charge is 0.0766 e. The van der Waals surface area contributed by atoms with E-state index in [0.717, 1.165) is 31.7 Å². The van der Waals surface area contributed by atoms with Gasteiger partial charge in [0.15, 0.2) is 0 Å². The van der Waals surface area contributed by atoms with Crippen LogP contribution in [0.5, 0.6) is 0 Å². The van der Waals surface area contributed by atoms with Gasteiger partial charge in [0.05, 0.1) is 11.5 Å². The monoisotopic (exact) mass is 243 g/mol. The largest absolute Gasteiger partial charge is 0.369 e. The van der Waals surface area contributed by atoms with Gasteiger partial charge < -0.3 is 10.2 Å². The van der Waals surface area contributed by atoms with Crippen LogP contribution in [0.4, 0.5) is 5.69 Å². The second kappa shape index (κ2) is 4.99. The topological polar surface area (TPSA) is 39.1 Å². The summed E-state index contributed by atoms with van der Waals surface area (Å²) >= 11 is 0. The third kappa shape index (κ3) is 2.49. The van der Waals surface area contributed by atoms with Crippen molar-refractivity contribution in [1.82, 2.24) is 5.32 Å². The molecule has 0 atom stereocenters. The molecule has 1 heterocycles. The maximum Gasteiger partial charge on any atom is 0.0766 e. The van der Waals surface area contributed by atoms with E-state index >= 15 is 0 Å². The highest BCUT2D eigenvalue weighted by atomic mass is 15.2. The standard InChI is InChI=1S/C15H21N3/c1-12-10-13(15(2,3)11-16)4-5-14(12)18-8-6-17-7-9-18/h4-5,10,17H,6-9H2,1-3H3. The van der Waals surface area contributed by atoms with Crippen LogP contribution in [0.2, 0.25) is 0 Å². The molecule has 0 radical (unpaired) electrons. The molecule has 18 heavy (non-hydrogen) atoms. The van der Waals surface area contributed by atoms with E-state index in [0.29, 0.717) is 0 Å². The van der Waals surface area contributed by atoms with Crippen LogP contribution >= 0.6 is 0 Å². The summed E-state index contributed by atoms with van der Waals surface area (Å²) in [6.45, 7) is 10.3. The average Bonchev–Trinajstić information content (AvgIpc) is 2.39. The molecule has 0 amide bonds. The minimum absolute atomic E-state index is 0.410. The number of benzene rings is 1. The molecule has 0 spiro atoms. The van der Waals surface area contributed by atoms with Crippen LogP contribution in [0.15, 0.2) is 18.2 Å². The lowest BCUT2D eigenvalue weighted by Crippen LogP contribution is -2.43. The molecule has 0 saturated carbocycles. The highest BCUT2D eigenvalue weighted by molar-refractivity contribution is 5.56. The molecule has 3 nitrogen and oxygen atoms in total. The van der Waals surface area contributed by atoms with E-state index < -0.39 is 5.41 Å². The fraction of sp³-hybridized carbons (Fsp3) is 0.533. The number of nitrogens with one attached hydrogen (secondary N) is 1. The third-order valence-electron chi connectivity index (χ3n) is 3.66. The minimum atomic E-state index is -0.410. The maximum absolute atomic E-state index is 9.19. The van der Waals surface area contributed by atoms with Gasteiger partial charge >= 0.3 is 0 Å². The lowest BCUT2D eigenvalue weighted by atomic mass is 9.85. The zero-order chi connectivity index (χ0) is 13.2. The molecule has 0 bridgehead atoms. The molecule has 0 aromatic heterocycles. The van der Waals surface area contributed by atoms with Crippen LogP contribution < -0.4 is 10.2 Å². The van der Waals surface area contributed by atoms with E-state index in [1.54, 1.807) is 0 Å². The Morgan fingerprint density at radius 1 is 1.28 bits per heavy atom. The van der Waals surface area contributed by atoms with Crippen LogP contribution in [0, 0.1) is 18.3 Å². The summed E-state index contributed by atoms with van der Waals surface area (Å²) in [4.78, 5) is 2.41. The Bertz CT molecular complexity index is 465. The average molecular weight is 243 g/mol. The van der Waals surface area contributed by atoms with Crippen molar-refractivity contribution in [2.24, 2.45) is 0 Å². The first-order chi connectivity index (χ1) is 8.54. The van der Waals surface area contributed by atoms with Gasteiger partial charge in [-0.1, -0.05) is 12.1 Å². The summed E-state index contributed by atoms with van der Waals surface area (Å²) in [6.07, 6.45) is 0. The fourth-order valence-electron chi connectivity index (χ4n) is 2.37. The Morgan fingerprint density at radius 3 is 2.50 bits per heavy atom. The highest BCUT2D eigenvalue weighted by Gasteiger charge is 2.21. The Morgan fingerprint density at radius 2 is 1.94 bits per heavy atom. The summed E-state index contributed by atoms with van der Waals surface area (Å²) in [5.74, 6) is 0. The van der Waals surface area contributed by atoms with E-state index in [2.05, 4.69) is 41.4 Å². The van der Waals surface area contributed by atoms with Crippen molar-refractivity contribution >= 4 is 5.69 Å². The zero-order valence-electron chi connectivity index (χ0n) is 11.5. The Labute approximate surface area is 109 Å². The Kier molecular flexibility index (Phi) is 3.58. The third-order valence-corrected chi connectivity index (χ3v) is 3.66. The van der Waals surface area contributed by atoms with Crippen molar-refractivity contribution in [1.29, 1.82) is 5.26 Å². The maximum atomic E-state index is 9.19. The lowest BCUT2D eigenvalue weighted by molar-refractivity contribution is 0.588. The van der Waals surface area contributed by atoms with Crippen LogP contribution in [-0.4, -0.2) is 26.2 Å². The van der Waals surface area contributed by atoms with Gasteiger partial charge in [-0.3, -0.25) is 0 Å². The second-order valence-corrected chi connectivity index (χ2v) is 5.48. The molecule has 1 aliphatic heterocycles. The second-order valence-electron chi connectivity index (χ2n) is 5.48. The summed E-state index contributed by atoms with van der Waals surface area (Å²) in [7, 11) is 0. The van der Waals surface area contributed by atoms with Crippen molar-refractivity contribution in [3.8, 4) is 6.07 Å². The minimum Gasteiger partial charge on any atom is -0.369 e. The van der Waals surface area contributed by atoms with Crippen molar-refractivity contribution in [3.05, 3.63) is 29.3 Å². The van der Waals surface area contributed by atoms with Crippen LogP contribution in [-0.2, 0) is 5.41 Å². The number of anilines is 1. The number of nitriles is 1. The van der Waals surface area contributed by atoms with Gasteiger partial charge in [-0.15, -0.1) is 0 Å². The molecule has 1 aromatic carbocycles. The highest BCUT2D eigenvalue weighted by Crippen LogP contribution is 2.28.